The van der Waals surface area contributed by atoms with Crippen LogP contribution < -0.4 is 0 Å². The molecule has 2 rings (SSSR count). The van der Waals surface area contributed by atoms with Crippen LogP contribution in [0, 0.1) is 6.92 Å². The largest absolute Gasteiger partial charge is 0.369 e. The van der Waals surface area contributed by atoms with Gasteiger partial charge < -0.3 is 4.74 Å². The fourth-order valence-corrected chi connectivity index (χ4v) is 1.72. The maximum Gasteiger partial charge on any atom is 0.208 e. The van der Waals surface area contributed by atoms with Crippen molar-refractivity contribution in [2.75, 3.05) is 12.4 Å². The van der Waals surface area contributed by atoms with Gasteiger partial charge in [0.2, 0.25) is 5.16 Å². The van der Waals surface area contributed by atoms with E-state index >= 15 is 0 Å². The van der Waals surface area contributed by atoms with Crippen molar-refractivity contribution < 1.29 is 4.74 Å². The molecule has 1 aromatic rings. The molecule has 1 aliphatic rings. The van der Waals surface area contributed by atoms with Gasteiger partial charge in [0.1, 0.15) is 5.82 Å². The van der Waals surface area contributed by atoms with E-state index in [0.717, 1.165) is 23.3 Å². The third kappa shape index (κ3) is 1.78. The summed E-state index contributed by atoms with van der Waals surface area (Å²) in [5.41, 5.74) is 0.0825. The summed E-state index contributed by atoms with van der Waals surface area (Å²) in [6, 6.07) is 0. The lowest BCUT2D eigenvalue weighted by Gasteiger charge is -1.99. The van der Waals surface area contributed by atoms with Gasteiger partial charge in [-0.15, -0.1) is 5.10 Å². The zero-order valence-corrected chi connectivity index (χ0v) is 7.94. The SMILES string of the molecule is Cc1nc(SCC2(C)CO2)n[nH]1. The lowest BCUT2D eigenvalue weighted by atomic mass is 10.3. The van der Waals surface area contributed by atoms with Crippen LogP contribution in [0.4, 0.5) is 0 Å². The molecule has 66 valence electrons. The maximum absolute atomic E-state index is 5.24. The number of H-pyrrole nitrogens is 1. The Balaban J connectivity index is 1.87. The lowest BCUT2D eigenvalue weighted by molar-refractivity contribution is 0.348. The van der Waals surface area contributed by atoms with E-state index < -0.39 is 0 Å². The first-order valence-electron chi connectivity index (χ1n) is 3.84. The Bertz CT molecular complexity index is 282. The van der Waals surface area contributed by atoms with Crippen molar-refractivity contribution in [3.8, 4) is 0 Å². The third-order valence-corrected chi connectivity index (χ3v) is 2.92. The number of aromatic amines is 1. The zero-order valence-electron chi connectivity index (χ0n) is 7.13. The number of thioether (sulfide) groups is 1. The molecule has 1 atom stereocenters. The third-order valence-electron chi connectivity index (χ3n) is 1.72. The Morgan fingerprint density at radius 3 is 3.00 bits per heavy atom. The second kappa shape index (κ2) is 2.74. The molecule has 0 aliphatic carbocycles. The first-order chi connectivity index (χ1) is 5.68. The Morgan fingerprint density at radius 2 is 2.50 bits per heavy atom. The van der Waals surface area contributed by atoms with Crippen LogP contribution in [0.2, 0.25) is 0 Å². The van der Waals surface area contributed by atoms with Crippen LogP contribution in [0.15, 0.2) is 5.16 Å². The summed E-state index contributed by atoms with van der Waals surface area (Å²) < 4.78 is 5.24. The molecule has 0 radical (unpaired) electrons. The molecule has 12 heavy (non-hydrogen) atoms. The molecule has 1 aliphatic heterocycles. The second-order valence-corrected chi connectivity index (χ2v) is 4.17. The van der Waals surface area contributed by atoms with E-state index in [1.54, 1.807) is 11.8 Å². The van der Waals surface area contributed by atoms with Crippen LogP contribution in [0.5, 0.6) is 0 Å². The number of hydrogen-bond acceptors (Lipinski definition) is 4. The number of rotatable bonds is 3. The molecule has 0 spiro atoms. The Hall–Kier alpha value is -0.550. The fraction of sp³-hybridized carbons (Fsp3) is 0.714. The topological polar surface area (TPSA) is 54.1 Å². The van der Waals surface area contributed by atoms with Gasteiger partial charge in [0.15, 0.2) is 0 Å². The van der Waals surface area contributed by atoms with Gasteiger partial charge in [-0.1, -0.05) is 11.8 Å². The number of hydrogen-bond donors (Lipinski definition) is 1. The van der Waals surface area contributed by atoms with Crippen molar-refractivity contribution >= 4 is 11.8 Å². The van der Waals surface area contributed by atoms with Crippen LogP contribution in [-0.4, -0.2) is 33.1 Å². The summed E-state index contributed by atoms with van der Waals surface area (Å²) in [5, 5.41) is 7.63. The first-order valence-corrected chi connectivity index (χ1v) is 4.82. The molecular weight excluding hydrogens is 174 g/mol. The predicted molar refractivity (Wildman–Crippen MR) is 46.2 cm³/mol. The highest BCUT2D eigenvalue weighted by molar-refractivity contribution is 7.99. The van der Waals surface area contributed by atoms with E-state index in [1.807, 2.05) is 6.92 Å². The lowest BCUT2D eigenvalue weighted by Crippen LogP contribution is -2.07. The van der Waals surface area contributed by atoms with Gasteiger partial charge in [-0.05, 0) is 13.8 Å². The average Bonchev–Trinajstić information content (AvgIpc) is 2.60. The van der Waals surface area contributed by atoms with Crippen molar-refractivity contribution in [2.45, 2.75) is 24.6 Å². The molecular formula is C7H11N3OS. The second-order valence-electron chi connectivity index (χ2n) is 3.23. The molecule has 0 aromatic carbocycles. The maximum atomic E-state index is 5.24. The Kier molecular flexibility index (Phi) is 1.84. The van der Waals surface area contributed by atoms with Crippen LogP contribution in [0.25, 0.3) is 0 Å². The minimum atomic E-state index is 0.0825. The summed E-state index contributed by atoms with van der Waals surface area (Å²) in [6.45, 7) is 4.86. The number of epoxide rings is 1. The van der Waals surface area contributed by atoms with Gasteiger partial charge in [0.05, 0.1) is 12.2 Å². The first kappa shape index (κ1) is 8.07. The summed E-state index contributed by atoms with van der Waals surface area (Å²) in [4.78, 5) is 4.18. The van der Waals surface area contributed by atoms with Crippen LogP contribution in [0.3, 0.4) is 0 Å². The quantitative estimate of drug-likeness (QED) is 0.563. The van der Waals surface area contributed by atoms with E-state index in [1.165, 1.54) is 0 Å². The Labute approximate surface area is 75.1 Å². The molecule has 1 unspecified atom stereocenters. The van der Waals surface area contributed by atoms with Gasteiger partial charge in [-0.3, -0.25) is 5.10 Å². The van der Waals surface area contributed by atoms with E-state index in [4.69, 9.17) is 4.74 Å². The fourth-order valence-electron chi connectivity index (χ4n) is 0.810. The van der Waals surface area contributed by atoms with Crippen molar-refractivity contribution in [3.05, 3.63) is 5.82 Å². The number of ether oxygens (including phenoxy) is 1. The normalized spacial score (nSPS) is 27.5. The highest BCUT2D eigenvalue weighted by Gasteiger charge is 2.39. The van der Waals surface area contributed by atoms with E-state index in [0.29, 0.717) is 0 Å². The number of nitrogens with one attached hydrogen (secondary N) is 1. The highest BCUT2D eigenvalue weighted by Crippen LogP contribution is 2.31. The molecule has 1 aromatic heterocycles. The van der Waals surface area contributed by atoms with Crippen molar-refractivity contribution in [1.82, 2.24) is 15.2 Å². The molecule has 2 heterocycles. The van der Waals surface area contributed by atoms with E-state index in [2.05, 4.69) is 22.1 Å². The molecule has 0 bridgehead atoms. The van der Waals surface area contributed by atoms with Crippen molar-refractivity contribution in [2.24, 2.45) is 0 Å². The molecule has 4 nitrogen and oxygen atoms in total. The van der Waals surface area contributed by atoms with Gasteiger partial charge in [-0.2, -0.15) is 0 Å². The summed E-state index contributed by atoms with van der Waals surface area (Å²) in [6.07, 6.45) is 0. The monoisotopic (exact) mass is 185 g/mol. The van der Waals surface area contributed by atoms with E-state index in [9.17, 15) is 0 Å². The van der Waals surface area contributed by atoms with Gasteiger partial charge in [0, 0.05) is 5.75 Å². The summed E-state index contributed by atoms with van der Waals surface area (Å²) in [7, 11) is 0. The van der Waals surface area contributed by atoms with Crippen LogP contribution in [0.1, 0.15) is 12.7 Å². The van der Waals surface area contributed by atoms with Crippen molar-refractivity contribution in [1.29, 1.82) is 0 Å². The minimum absolute atomic E-state index is 0.0825. The summed E-state index contributed by atoms with van der Waals surface area (Å²) >= 11 is 1.63. The molecule has 1 N–H and O–H groups in total. The standard InChI is InChI=1S/C7H11N3OS/c1-5-8-6(10-9-5)12-4-7(2)3-11-7/h3-4H2,1-2H3,(H,8,9,10). The van der Waals surface area contributed by atoms with Gasteiger partial charge in [0.25, 0.3) is 0 Å². The molecule has 1 fully saturated rings. The van der Waals surface area contributed by atoms with Crippen LogP contribution >= 0.6 is 11.8 Å². The average molecular weight is 185 g/mol. The van der Waals surface area contributed by atoms with Gasteiger partial charge in [-0.25, -0.2) is 4.98 Å². The summed E-state index contributed by atoms with van der Waals surface area (Å²) in [5.74, 6) is 1.80. The van der Waals surface area contributed by atoms with Crippen molar-refractivity contribution in [3.63, 3.8) is 0 Å². The predicted octanol–water partition coefficient (Wildman–Crippen LogP) is 0.994. The molecule has 0 amide bonds. The number of aryl methyl sites for hydroxylation is 1. The van der Waals surface area contributed by atoms with E-state index in [-0.39, 0.29) is 5.60 Å². The molecule has 0 saturated carbocycles. The number of aromatic nitrogens is 3. The Morgan fingerprint density at radius 1 is 1.75 bits per heavy atom. The molecule has 1 saturated heterocycles. The highest BCUT2D eigenvalue weighted by atomic mass is 32.2. The molecule has 5 heteroatoms. The number of nitrogens with zero attached hydrogens (tertiary/aromatic N) is 2. The zero-order chi connectivity index (χ0) is 8.60. The van der Waals surface area contributed by atoms with Crippen LogP contribution in [-0.2, 0) is 4.74 Å². The smallest absolute Gasteiger partial charge is 0.208 e. The van der Waals surface area contributed by atoms with Gasteiger partial charge >= 0.3 is 0 Å². The minimum Gasteiger partial charge on any atom is -0.369 e.